The van der Waals surface area contributed by atoms with E-state index in [1.54, 1.807) is 11.3 Å². The topological polar surface area (TPSA) is 28.2 Å². The predicted molar refractivity (Wildman–Crippen MR) is 74.4 cm³/mol. The van der Waals surface area contributed by atoms with Crippen molar-refractivity contribution in [2.75, 3.05) is 31.1 Å². The number of nitrogens with zero attached hydrogens (tertiary/aromatic N) is 2. The van der Waals surface area contributed by atoms with E-state index < -0.39 is 0 Å². The smallest absolute Gasteiger partial charge is 0.186 e. The fourth-order valence-electron chi connectivity index (χ4n) is 2.08. The van der Waals surface area contributed by atoms with Gasteiger partial charge in [0.1, 0.15) is 0 Å². The van der Waals surface area contributed by atoms with Crippen LogP contribution in [0.2, 0.25) is 5.02 Å². The maximum Gasteiger partial charge on any atom is 0.186 e. The number of benzene rings is 1. The number of fused-ring (bicyclic) bond motifs is 1. The van der Waals surface area contributed by atoms with Crippen LogP contribution in [0.4, 0.5) is 5.13 Å². The Labute approximate surface area is 109 Å². The van der Waals surface area contributed by atoms with Gasteiger partial charge in [0.25, 0.3) is 0 Å². The van der Waals surface area contributed by atoms with E-state index in [1.165, 1.54) is 4.70 Å². The second-order valence-corrected chi connectivity index (χ2v) is 5.67. The summed E-state index contributed by atoms with van der Waals surface area (Å²) in [6, 6.07) is 4.02. The third kappa shape index (κ3) is 2.01. The van der Waals surface area contributed by atoms with Crippen molar-refractivity contribution in [3.8, 4) is 0 Å². The zero-order valence-electron chi connectivity index (χ0n) is 9.66. The largest absolute Gasteiger partial charge is 0.346 e. The van der Waals surface area contributed by atoms with Crippen molar-refractivity contribution in [3.05, 3.63) is 22.7 Å². The van der Waals surface area contributed by atoms with E-state index in [0.29, 0.717) is 0 Å². The van der Waals surface area contributed by atoms with Crippen molar-refractivity contribution in [2.24, 2.45) is 0 Å². The van der Waals surface area contributed by atoms with Crippen LogP contribution < -0.4 is 10.2 Å². The molecule has 3 nitrogen and oxygen atoms in total. The fourth-order valence-corrected chi connectivity index (χ4v) is 3.31. The van der Waals surface area contributed by atoms with Crippen LogP contribution in [0.25, 0.3) is 10.2 Å². The van der Waals surface area contributed by atoms with Crippen LogP contribution in [0, 0.1) is 6.92 Å². The number of nitrogens with one attached hydrogen (secondary N) is 1. The molecule has 0 saturated carbocycles. The van der Waals surface area contributed by atoms with Gasteiger partial charge in [0.15, 0.2) is 5.13 Å². The van der Waals surface area contributed by atoms with E-state index in [1.807, 2.05) is 13.0 Å². The standard InChI is InChI=1S/C12H14ClN3S/c1-8-9(13)2-3-10-11(8)15-12(17-10)16-6-4-14-5-7-16/h2-3,14H,4-7H2,1H3. The molecule has 5 heteroatoms. The Hall–Kier alpha value is -0.840. The molecule has 90 valence electrons. The van der Waals surface area contributed by atoms with Gasteiger partial charge in [0, 0.05) is 31.2 Å². The van der Waals surface area contributed by atoms with Gasteiger partial charge in [-0.1, -0.05) is 22.9 Å². The molecule has 0 bridgehead atoms. The van der Waals surface area contributed by atoms with E-state index in [0.717, 1.165) is 47.4 Å². The third-order valence-electron chi connectivity index (χ3n) is 3.12. The summed E-state index contributed by atoms with van der Waals surface area (Å²) < 4.78 is 1.22. The molecule has 2 aromatic rings. The minimum atomic E-state index is 0.801. The summed E-state index contributed by atoms with van der Waals surface area (Å²) in [6.45, 7) is 6.18. The maximum absolute atomic E-state index is 6.12. The van der Waals surface area contributed by atoms with Gasteiger partial charge in [0.2, 0.25) is 0 Å². The highest BCUT2D eigenvalue weighted by atomic mass is 35.5. The fraction of sp³-hybridized carbons (Fsp3) is 0.417. The Morgan fingerprint density at radius 1 is 1.35 bits per heavy atom. The van der Waals surface area contributed by atoms with Gasteiger partial charge in [-0.25, -0.2) is 4.98 Å². The lowest BCUT2D eigenvalue weighted by atomic mass is 10.2. The Morgan fingerprint density at radius 2 is 2.12 bits per heavy atom. The highest BCUT2D eigenvalue weighted by Crippen LogP contribution is 2.33. The third-order valence-corrected chi connectivity index (χ3v) is 4.61. The molecule has 1 aliphatic heterocycles. The van der Waals surface area contributed by atoms with Crippen LogP contribution in [0.5, 0.6) is 0 Å². The van der Waals surface area contributed by atoms with Gasteiger partial charge in [0.05, 0.1) is 10.2 Å². The number of rotatable bonds is 1. The molecule has 3 rings (SSSR count). The first kappa shape index (κ1) is 11.3. The average molecular weight is 268 g/mol. The Bertz CT molecular complexity index is 546. The quantitative estimate of drug-likeness (QED) is 0.861. The van der Waals surface area contributed by atoms with Crippen LogP contribution in [0.15, 0.2) is 12.1 Å². The number of halogens is 1. The van der Waals surface area contributed by atoms with Crippen LogP contribution in [0.1, 0.15) is 5.56 Å². The molecule has 0 atom stereocenters. The minimum Gasteiger partial charge on any atom is -0.346 e. The van der Waals surface area contributed by atoms with Gasteiger partial charge in [-0.2, -0.15) is 0 Å². The van der Waals surface area contributed by atoms with E-state index in [4.69, 9.17) is 16.6 Å². The molecule has 1 saturated heterocycles. The van der Waals surface area contributed by atoms with Crippen molar-refractivity contribution in [3.63, 3.8) is 0 Å². The van der Waals surface area contributed by atoms with Gasteiger partial charge in [-0.15, -0.1) is 0 Å². The lowest BCUT2D eigenvalue weighted by Crippen LogP contribution is -2.43. The molecule has 1 aromatic carbocycles. The van der Waals surface area contributed by atoms with Crippen molar-refractivity contribution >= 4 is 38.3 Å². The predicted octanol–water partition coefficient (Wildman–Crippen LogP) is 2.67. The molecule has 0 unspecified atom stereocenters. The molecule has 0 radical (unpaired) electrons. The Kier molecular flexibility index (Phi) is 2.94. The summed E-state index contributed by atoms with van der Waals surface area (Å²) in [5.74, 6) is 0. The number of piperazine rings is 1. The molecule has 0 aliphatic carbocycles. The highest BCUT2D eigenvalue weighted by molar-refractivity contribution is 7.22. The lowest BCUT2D eigenvalue weighted by Gasteiger charge is -2.26. The summed E-state index contributed by atoms with van der Waals surface area (Å²) in [6.07, 6.45) is 0. The van der Waals surface area contributed by atoms with E-state index in [2.05, 4.69) is 16.3 Å². The summed E-state index contributed by atoms with van der Waals surface area (Å²) >= 11 is 7.88. The summed E-state index contributed by atoms with van der Waals surface area (Å²) in [5.41, 5.74) is 2.14. The number of aromatic nitrogens is 1. The van der Waals surface area contributed by atoms with E-state index in [9.17, 15) is 0 Å². The Morgan fingerprint density at radius 3 is 2.88 bits per heavy atom. The molecule has 17 heavy (non-hydrogen) atoms. The molecule has 1 N–H and O–H groups in total. The summed E-state index contributed by atoms with van der Waals surface area (Å²) in [7, 11) is 0. The van der Waals surface area contributed by atoms with Gasteiger partial charge >= 0.3 is 0 Å². The second kappa shape index (κ2) is 4.44. The second-order valence-electron chi connectivity index (χ2n) is 4.25. The number of thiazole rings is 1. The summed E-state index contributed by atoms with van der Waals surface area (Å²) in [5, 5.41) is 5.27. The molecular formula is C12H14ClN3S. The van der Waals surface area contributed by atoms with Crippen LogP contribution in [0.3, 0.4) is 0 Å². The minimum absolute atomic E-state index is 0.801. The highest BCUT2D eigenvalue weighted by Gasteiger charge is 2.16. The first-order valence-corrected chi connectivity index (χ1v) is 6.96. The van der Waals surface area contributed by atoms with Gasteiger partial charge in [-0.05, 0) is 24.6 Å². The first-order chi connectivity index (χ1) is 8.25. The van der Waals surface area contributed by atoms with Crippen molar-refractivity contribution in [1.29, 1.82) is 0 Å². The number of hydrogen-bond donors (Lipinski definition) is 1. The normalized spacial score (nSPS) is 16.7. The van der Waals surface area contributed by atoms with Crippen LogP contribution in [-0.4, -0.2) is 31.2 Å². The van der Waals surface area contributed by atoms with E-state index in [-0.39, 0.29) is 0 Å². The molecule has 0 amide bonds. The molecule has 1 aliphatic rings. The van der Waals surface area contributed by atoms with Crippen LogP contribution in [-0.2, 0) is 0 Å². The Balaban J connectivity index is 2.04. The first-order valence-electron chi connectivity index (χ1n) is 5.77. The van der Waals surface area contributed by atoms with Crippen molar-refractivity contribution in [2.45, 2.75) is 6.92 Å². The number of anilines is 1. The monoisotopic (exact) mass is 267 g/mol. The molecule has 0 spiro atoms. The molecular weight excluding hydrogens is 254 g/mol. The zero-order valence-corrected chi connectivity index (χ0v) is 11.2. The van der Waals surface area contributed by atoms with Gasteiger partial charge in [-0.3, -0.25) is 0 Å². The molecule has 1 fully saturated rings. The number of hydrogen-bond acceptors (Lipinski definition) is 4. The average Bonchev–Trinajstić information content (AvgIpc) is 2.80. The van der Waals surface area contributed by atoms with Crippen molar-refractivity contribution < 1.29 is 0 Å². The van der Waals surface area contributed by atoms with E-state index >= 15 is 0 Å². The van der Waals surface area contributed by atoms with Crippen LogP contribution >= 0.6 is 22.9 Å². The zero-order chi connectivity index (χ0) is 11.8. The maximum atomic E-state index is 6.12. The van der Waals surface area contributed by atoms with Gasteiger partial charge < -0.3 is 10.2 Å². The van der Waals surface area contributed by atoms with Crippen molar-refractivity contribution in [1.82, 2.24) is 10.3 Å². The number of aryl methyl sites for hydroxylation is 1. The lowest BCUT2D eigenvalue weighted by molar-refractivity contribution is 0.588. The molecule has 2 heterocycles. The molecule has 1 aromatic heterocycles. The summed E-state index contributed by atoms with van der Waals surface area (Å²) in [4.78, 5) is 7.07. The SMILES string of the molecule is Cc1c(Cl)ccc2sc(N3CCNCC3)nc12.